The molecule has 112 valence electrons. The van der Waals surface area contributed by atoms with Crippen molar-refractivity contribution in [1.29, 1.82) is 0 Å². The second-order valence-corrected chi connectivity index (χ2v) is 5.44. The number of hydrogen-bond acceptors (Lipinski definition) is 3. The highest BCUT2D eigenvalue weighted by Gasteiger charge is 2.15. The fourth-order valence-corrected chi connectivity index (χ4v) is 2.26. The molecule has 2 rings (SSSR count). The molecule has 0 aliphatic carbocycles. The zero-order valence-electron chi connectivity index (χ0n) is 12.3. The van der Waals surface area contributed by atoms with E-state index in [1.165, 1.54) is 0 Å². The Morgan fingerprint density at radius 1 is 1.10 bits per heavy atom. The molecule has 0 saturated heterocycles. The van der Waals surface area contributed by atoms with Gasteiger partial charge in [0.15, 0.2) is 0 Å². The minimum absolute atomic E-state index is 0.115. The van der Waals surface area contributed by atoms with Crippen molar-refractivity contribution in [1.82, 2.24) is 0 Å². The monoisotopic (exact) mass is 305 g/mol. The van der Waals surface area contributed by atoms with Gasteiger partial charge in [0.1, 0.15) is 17.6 Å². The molecule has 2 unspecified atom stereocenters. The molecule has 0 radical (unpaired) electrons. The predicted molar refractivity (Wildman–Crippen MR) is 86.2 cm³/mol. The number of nitrogens with two attached hydrogens (primary N) is 1. The van der Waals surface area contributed by atoms with Crippen LogP contribution in [0.1, 0.15) is 12.5 Å². The van der Waals surface area contributed by atoms with E-state index in [9.17, 15) is 0 Å². The summed E-state index contributed by atoms with van der Waals surface area (Å²) < 4.78 is 11.1. The molecule has 4 heteroatoms. The van der Waals surface area contributed by atoms with Crippen LogP contribution in [0.15, 0.2) is 48.5 Å². The smallest absolute Gasteiger partial charge is 0.121 e. The molecule has 0 aromatic heterocycles. The quantitative estimate of drug-likeness (QED) is 0.885. The molecule has 3 nitrogen and oxygen atoms in total. The van der Waals surface area contributed by atoms with Gasteiger partial charge in [-0.25, -0.2) is 0 Å². The summed E-state index contributed by atoms with van der Waals surface area (Å²) >= 11 is 5.95. The van der Waals surface area contributed by atoms with E-state index in [0.29, 0.717) is 5.02 Å². The van der Waals surface area contributed by atoms with Crippen molar-refractivity contribution in [3.8, 4) is 11.5 Å². The largest absolute Gasteiger partial charge is 0.497 e. The summed E-state index contributed by atoms with van der Waals surface area (Å²) in [5.74, 6) is 1.57. The third-order valence-corrected chi connectivity index (χ3v) is 3.56. The standard InChI is InChI=1S/C17H20ClNO2/c1-12(21-16-8-4-6-14(18)11-16)17(19)10-13-5-3-7-15(9-13)20-2/h3-9,11-12,17H,10,19H2,1-2H3. The molecule has 0 saturated carbocycles. The molecule has 2 aromatic carbocycles. The zero-order valence-corrected chi connectivity index (χ0v) is 13.0. The van der Waals surface area contributed by atoms with Crippen LogP contribution in [0, 0.1) is 0 Å². The van der Waals surface area contributed by atoms with Crippen molar-refractivity contribution in [2.24, 2.45) is 5.73 Å². The van der Waals surface area contributed by atoms with Crippen molar-refractivity contribution < 1.29 is 9.47 Å². The third kappa shape index (κ3) is 4.66. The van der Waals surface area contributed by atoms with Crippen LogP contribution in [0.5, 0.6) is 11.5 Å². The fraction of sp³-hybridized carbons (Fsp3) is 0.294. The predicted octanol–water partition coefficient (Wildman–Crippen LogP) is 3.69. The average Bonchev–Trinajstić information content (AvgIpc) is 2.47. The van der Waals surface area contributed by atoms with Crippen molar-refractivity contribution >= 4 is 11.6 Å². The molecule has 0 fully saturated rings. The molecule has 2 atom stereocenters. The molecule has 0 spiro atoms. The molecular formula is C17H20ClNO2. The number of ether oxygens (including phenoxy) is 2. The van der Waals surface area contributed by atoms with E-state index in [4.69, 9.17) is 26.8 Å². The lowest BCUT2D eigenvalue weighted by Gasteiger charge is -2.22. The van der Waals surface area contributed by atoms with E-state index in [1.54, 1.807) is 13.2 Å². The Balaban J connectivity index is 1.97. The lowest BCUT2D eigenvalue weighted by molar-refractivity contribution is 0.189. The number of hydrogen-bond donors (Lipinski definition) is 1. The first-order chi connectivity index (χ1) is 10.1. The maximum atomic E-state index is 6.23. The van der Waals surface area contributed by atoms with Gasteiger partial charge in [-0.2, -0.15) is 0 Å². The lowest BCUT2D eigenvalue weighted by Crippen LogP contribution is -2.38. The van der Waals surface area contributed by atoms with Crippen molar-refractivity contribution in [2.75, 3.05) is 7.11 Å². The first kappa shape index (κ1) is 15.7. The molecule has 0 bridgehead atoms. The Bertz CT molecular complexity index is 589. The molecular weight excluding hydrogens is 286 g/mol. The van der Waals surface area contributed by atoms with E-state index >= 15 is 0 Å². The minimum Gasteiger partial charge on any atom is -0.497 e. The van der Waals surface area contributed by atoms with Crippen LogP contribution in [0.3, 0.4) is 0 Å². The molecule has 21 heavy (non-hydrogen) atoms. The van der Waals surface area contributed by atoms with Gasteiger partial charge in [0, 0.05) is 11.1 Å². The summed E-state index contributed by atoms with van der Waals surface area (Å²) in [4.78, 5) is 0. The van der Waals surface area contributed by atoms with E-state index in [-0.39, 0.29) is 12.1 Å². The van der Waals surface area contributed by atoms with Gasteiger partial charge in [0.25, 0.3) is 0 Å². The van der Waals surface area contributed by atoms with Gasteiger partial charge in [-0.15, -0.1) is 0 Å². The van der Waals surface area contributed by atoms with Crippen LogP contribution in [0.4, 0.5) is 0 Å². The number of rotatable bonds is 6. The van der Waals surface area contributed by atoms with Crippen molar-refractivity contribution in [3.63, 3.8) is 0 Å². The normalized spacial score (nSPS) is 13.5. The van der Waals surface area contributed by atoms with Gasteiger partial charge in [0.2, 0.25) is 0 Å². The maximum absolute atomic E-state index is 6.23. The van der Waals surface area contributed by atoms with Gasteiger partial charge in [-0.1, -0.05) is 29.8 Å². The highest BCUT2D eigenvalue weighted by Crippen LogP contribution is 2.20. The summed E-state index contributed by atoms with van der Waals surface area (Å²) in [5, 5.41) is 0.654. The Morgan fingerprint density at radius 3 is 2.52 bits per heavy atom. The highest BCUT2D eigenvalue weighted by atomic mass is 35.5. The van der Waals surface area contributed by atoms with Crippen LogP contribution in [-0.4, -0.2) is 19.3 Å². The molecule has 0 amide bonds. The molecule has 2 aromatic rings. The minimum atomic E-state index is -0.116. The Kier molecular flexibility index (Phi) is 5.48. The number of methoxy groups -OCH3 is 1. The van der Waals surface area contributed by atoms with Crippen molar-refractivity contribution in [2.45, 2.75) is 25.5 Å². The van der Waals surface area contributed by atoms with Gasteiger partial charge >= 0.3 is 0 Å². The molecule has 0 heterocycles. The summed E-state index contributed by atoms with van der Waals surface area (Å²) in [7, 11) is 1.66. The number of halogens is 1. The Hall–Kier alpha value is -1.71. The average molecular weight is 306 g/mol. The Labute approximate surface area is 130 Å². The van der Waals surface area contributed by atoms with Crippen LogP contribution < -0.4 is 15.2 Å². The summed E-state index contributed by atoms with van der Waals surface area (Å²) in [5.41, 5.74) is 7.36. The molecule has 0 aliphatic heterocycles. The zero-order chi connectivity index (χ0) is 15.2. The summed E-state index contributed by atoms with van der Waals surface area (Å²) in [6, 6.07) is 15.1. The second-order valence-electron chi connectivity index (χ2n) is 5.00. The maximum Gasteiger partial charge on any atom is 0.121 e. The topological polar surface area (TPSA) is 44.5 Å². The highest BCUT2D eigenvalue weighted by molar-refractivity contribution is 6.30. The number of benzene rings is 2. The van der Waals surface area contributed by atoms with Gasteiger partial charge < -0.3 is 15.2 Å². The van der Waals surface area contributed by atoms with Crippen molar-refractivity contribution in [3.05, 3.63) is 59.1 Å². The molecule has 2 N–H and O–H groups in total. The first-order valence-corrected chi connectivity index (χ1v) is 7.27. The van der Waals surface area contributed by atoms with Crippen LogP contribution in [0.25, 0.3) is 0 Å². The SMILES string of the molecule is COc1cccc(CC(N)C(C)Oc2cccc(Cl)c2)c1. The second kappa shape index (κ2) is 7.34. The van der Waals surface area contributed by atoms with Gasteiger partial charge in [0.05, 0.1) is 7.11 Å². The van der Waals surface area contributed by atoms with Gasteiger partial charge in [-0.05, 0) is 49.2 Å². The van der Waals surface area contributed by atoms with E-state index in [0.717, 1.165) is 23.5 Å². The van der Waals surface area contributed by atoms with E-state index < -0.39 is 0 Å². The molecule has 0 aliphatic rings. The van der Waals surface area contributed by atoms with E-state index in [1.807, 2.05) is 49.4 Å². The third-order valence-electron chi connectivity index (χ3n) is 3.33. The van der Waals surface area contributed by atoms with Crippen LogP contribution >= 0.6 is 11.6 Å². The summed E-state index contributed by atoms with van der Waals surface area (Å²) in [6.45, 7) is 1.96. The van der Waals surface area contributed by atoms with E-state index in [2.05, 4.69) is 0 Å². The Morgan fingerprint density at radius 2 is 1.81 bits per heavy atom. The van der Waals surface area contributed by atoms with Crippen LogP contribution in [0.2, 0.25) is 5.02 Å². The van der Waals surface area contributed by atoms with Crippen LogP contribution in [-0.2, 0) is 6.42 Å². The lowest BCUT2D eigenvalue weighted by atomic mass is 10.0. The van der Waals surface area contributed by atoms with Gasteiger partial charge in [-0.3, -0.25) is 0 Å². The fourth-order valence-electron chi connectivity index (χ4n) is 2.08. The first-order valence-electron chi connectivity index (χ1n) is 6.89. The summed E-state index contributed by atoms with van der Waals surface area (Å²) in [6.07, 6.45) is 0.605.